The van der Waals surface area contributed by atoms with Gasteiger partial charge in [-0.15, -0.1) is 0 Å². The summed E-state index contributed by atoms with van der Waals surface area (Å²) in [7, 11) is 0. The van der Waals surface area contributed by atoms with Gasteiger partial charge in [-0.25, -0.2) is 0 Å². The summed E-state index contributed by atoms with van der Waals surface area (Å²) in [6.45, 7) is 10.4. The molecule has 1 aliphatic rings. The first-order valence-corrected chi connectivity index (χ1v) is 8.51. The molecule has 0 aliphatic heterocycles. The van der Waals surface area contributed by atoms with Crippen LogP contribution >= 0.6 is 27.5 Å². The standard InChI is InChI=1S/C17H25BrClN/c1-16(2)8-13(9-17(3,4)11-16)20-10-12-5-6-14(18)15(19)7-12/h5-7,13,20H,8-11H2,1-4H3. The summed E-state index contributed by atoms with van der Waals surface area (Å²) in [5.41, 5.74) is 2.10. The molecule has 0 radical (unpaired) electrons. The number of nitrogens with one attached hydrogen (secondary N) is 1. The van der Waals surface area contributed by atoms with Crippen LogP contribution in [0.3, 0.4) is 0 Å². The number of rotatable bonds is 3. The van der Waals surface area contributed by atoms with Gasteiger partial charge in [0.1, 0.15) is 0 Å². The Bertz CT molecular complexity index is 466. The summed E-state index contributed by atoms with van der Waals surface area (Å²) in [5, 5.41) is 4.51. The lowest BCUT2D eigenvalue weighted by molar-refractivity contribution is 0.0845. The first kappa shape index (κ1) is 16.3. The van der Waals surface area contributed by atoms with Gasteiger partial charge >= 0.3 is 0 Å². The fraction of sp³-hybridized carbons (Fsp3) is 0.647. The Morgan fingerprint density at radius 2 is 1.80 bits per heavy atom. The highest BCUT2D eigenvalue weighted by Gasteiger charge is 2.38. The van der Waals surface area contributed by atoms with Crippen LogP contribution in [0.15, 0.2) is 22.7 Å². The largest absolute Gasteiger partial charge is 0.310 e. The van der Waals surface area contributed by atoms with Crippen molar-refractivity contribution < 1.29 is 0 Å². The Balaban J connectivity index is 1.98. The molecule has 1 aliphatic carbocycles. The van der Waals surface area contributed by atoms with E-state index in [0.29, 0.717) is 16.9 Å². The van der Waals surface area contributed by atoms with Crippen LogP contribution in [-0.2, 0) is 6.54 Å². The molecular formula is C17H25BrClN. The molecule has 1 aromatic rings. The molecule has 112 valence electrons. The second-order valence-electron chi connectivity index (χ2n) is 7.74. The molecular weight excluding hydrogens is 334 g/mol. The molecule has 1 aromatic carbocycles. The lowest BCUT2D eigenvalue weighted by Crippen LogP contribution is -2.43. The van der Waals surface area contributed by atoms with Gasteiger partial charge in [0, 0.05) is 17.1 Å². The topological polar surface area (TPSA) is 12.0 Å². The predicted octanol–water partition coefficient (Wildman–Crippen LogP) is 5.80. The van der Waals surface area contributed by atoms with E-state index in [-0.39, 0.29) is 0 Å². The van der Waals surface area contributed by atoms with Crippen molar-refractivity contribution in [3.05, 3.63) is 33.3 Å². The lowest BCUT2D eigenvalue weighted by atomic mass is 9.63. The SMILES string of the molecule is CC1(C)CC(NCc2ccc(Br)c(Cl)c2)CC(C)(C)C1. The molecule has 0 unspecified atom stereocenters. The van der Waals surface area contributed by atoms with Crippen LogP contribution in [-0.4, -0.2) is 6.04 Å². The molecule has 0 aromatic heterocycles. The Hall–Kier alpha value is -0.0500. The Kier molecular flexibility index (Phi) is 4.88. The summed E-state index contributed by atoms with van der Waals surface area (Å²) >= 11 is 9.59. The normalized spacial score (nSPS) is 21.9. The third kappa shape index (κ3) is 4.47. The first-order chi connectivity index (χ1) is 9.17. The second-order valence-corrected chi connectivity index (χ2v) is 9.00. The molecule has 20 heavy (non-hydrogen) atoms. The summed E-state index contributed by atoms with van der Waals surface area (Å²) in [4.78, 5) is 0. The maximum absolute atomic E-state index is 6.15. The fourth-order valence-electron chi connectivity index (χ4n) is 3.90. The smallest absolute Gasteiger partial charge is 0.0551 e. The average molecular weight is 359 g/mol. The van der Waals surface area contributed by atoms with E-state index in [1.54, 1.807) is 0 Å². The van der Waals surface area contributed by atoms with Gasteiger partial charge in [0.15, 0.2) is 0 Å². The molecule has 0 spiro atoms. The third-order valence-corrected chi connectivity index (χ3v) is 5.37. The van der Waals surface area contributed by atoms with Gasteiger partial charge in [0.05, 0.1) is 5.02 Å². The van der Waals surface area contributed by atoms with E-state index in [2.05, 4.69) is 55.0 Å². The number of hydrogen-bond donors (Lipinski definition) is 1. The van der Waals surface area contributed by atoms with Gasteiger partial charge in [0.2, 0.25) is 0 Å². The van der Waals surface area contributed by atoms with Crippen LogP contribution in [0.1, 0.15) is 52.5 Å². The zero-order valence-electron chi connectivity index (χ0n) is 12.9. The van der Waals surface area contributed by atoms with E-state index in [1.165, 1.54) is 24.8 Å². The molecule has 0 bridgehead atoms. The van der Waals surface area contributed by atoms with Crippen LogP contribution in [0.2, 0.25) is 5.02 Å². The van der Waals surface area contributed by atoms with E-state index in [4.69, 9.17) is 11.6 Å². The van der Waals surface area contributed by atoms with Crippen LogP contribution in [0, 0.1) is 10.8 Å². The van der Waals surface area contributed by atoms with Gasteiger partial charge < -0.3 is 5.32 Å². The minimum atomic E-state index is 0.427. The number of benzene rings is 1. The molecule has 0 atom stereocenters. The van der Waals surface area contributed by atoms with Crippen LogP contribution in [0.5, 0.6) is 0 Å². The minimum absolute atomic E-state index is 0.427. The second kappa shape index (κ2) is 5.98. The molecule has 0 saturated heterocycles. The maximum atomic E-state index is 6.15. The van der Waals surface area contributed by atoms with Crippen molar-refractivity contribution in [2.24, 2.45) is 10.8 Å². The van der Waals surface area contributed by atoms with E-state index in [1.807, 2.05) is 12.1 Å². The Labute approximate surface area is 136 Å². The highest BCUT2D eigenvalue weighted by atomic mass is 79.9. The molecule has 0 amide bonds. The van der Waals surface area contributed by atoms with Crippen LogP contribution in [0.4, 0.5) is 0 Å². The van der Waals surface area contributed by atoms with Crippen molar-refractivity contribution in [1.29, 1.82) is 0 Å². The lowest BCUT2D eigenvalue weighted by Gasteiger charge is -2.45. The van der Waals surface area contributed by atoms with Crippen molar-refractivity contribution in [3.8, 4) is 0 Å². The predicted molar refractivity (Wildman–Crippen MR) is 91.2 cm³/mol. The monoisotopic (exact) mass is 357 g/mol. The zero-order valence-corrected chi connectivity index (χ0v) is 15.2. The minimum Gasteiger partial charge on any atom is -0.310 e. The highest BCUT2D eigenvalue weighted by molar-refractivity contribution is 9.10. The van der Waals surface area contributed by atoms with Crippen molar-refractivity contribution >= 4 is 27.5 Å². The molecule has 1 N–H and O–H groups in total. The van der Waals surface area contributed by atoms with E-state index in [0.717, 1.165) is 16.0 Å². The van der Waals surface area contributed by atoms with Gasteiger partial charge in [-0.2, -0.15) is 0 Å². The fourth-order valence-corrected chi connectivity index (χ4v) is 4.35. The zero-order chi connectivity index (χ0) is 15.0. The summed E-state index contributed by atoms with van der Waals surface area (Å²) in [5.74, 6) is 0. The molecule has 2 rings (SSSR count). The van der Waals surface area contributed by atoms with Crippen molar-refractivity contribution in [3.63, 3.8) is 0 Å². The van der Waals surface area contributed by atoms with Gasteiger partial charge in [-0.05, 0) is 63.7 Å². The van der Waals surface area contributed by atoms with E-state index >= 15 is 0 Å². The van der Waals surface area contributed by atoms with Gasteiger partial charge in [-0.3, -0.25) is 0 Å². The van der Waals surface area contributed by atoms with Crippen LogP contribution in [0.25, 0.3) is 0 Å². The first-order valence-electron chi connectivity index (χ1n) is 7.34. The van der Waals surface area contributed by atoms with Gasteiger partial charge in [-0.1, -0.05) is 45.4 Å². The van der Waals surface area contributed by atoms with Crippen molar-refractivity contribution in [1.82, 2.24) is 5.32 Å². The maximum Gasteiger partial charge on any atom is 0.0551 e. The Morgan fingerprint density at radius 3 is 2.35 bits per heavy atom. The molecule has 1 nitrogen and oxygen atoms in total. The van der Waals surface area contributed by atoms with Crippen molar-refractivity contribution in [2.45, 2.75) is 59.5 Å². The van der Waals surface area contributed by atoms with Gasteiger partial charge in [0.25, 0.3) is 0 Å². The van der Waals surface area contributed by atoms with Crippen LogP contribution < -0.4 is 5.32 Å². The van der Waals surface area contributed by atoms with E-state index in [9.17, 15) is 0 Å². The average Bonchev–Trinajstić information content (AvgIpc) is 2.27. The molecule has 1 saturated carbocycles. The van der Waals surface area contributed by atoms with Crippen molar-refractivity contribution in [2.75, 3.05) is 0 Å². The third-order valence-electron chi connectivity index (χ3n) is 4.13. The molecule has 1 fully saturated rings. The summed E-state index contributed by atoms with van der Waals surface area (Å²) in [6.07, 6.45) is 3.81. The summed E-state index contributed by atoms with van der Waals surface area (Å²) < 4.78 is 0.961. The number of hydrogen-bond acceptors (Lipinski definition) is 1. The summed E-state index contributed by atoms with van der Waals surface area (Å²) in [6, 6.07) is 6.78. The van der Waals surface area contributed by atoms with E-state index < -0.39 is 0 Å². The Morgan fingerprint density at radius 1 is 1.20 bits per heavy atom. The molecule has 3 heteroatoms. The molecule has 0 heterocycles. The quantitative estimate of drug-likeness (QED) is 0.720. The number of halogens is 2. The highest BCUT2D eigenvalue weighted by Crippen LogP contribution is 2.45.